The Hall–Kier alpha value is 0. The van der Waals surface area contributed by atoms with Crippen molar-refractivity contribution in [3.8, 4) is 0 Å². The van der Waals surface area contributed by atoms with Crippen molar-refractivity contribution in [2.24, 2.45) is 29.6 Å². The lowest BCUT2D eigenvalue weighted by Gasteiger charge is -2.28. The first-order valence-electron chi connectivity index (χ1n) is 8.47. The van der Waals surface area contributed by atoms with Crippen molar-refractivity contribution < 1.29 is 0 Å². The lowest BCUT2D eigenvalue weighted by Crippen LogP contribution is -2.19. The van der Waals surface area contributed by atoms with E-state index < -0.39 is 0 Å². The summed E-state index contributed by atoms with van der Waals surface area (Å²) in [5.41, 5.74) is 0. The van der Waals surface area contributed by atoms with E-state index in [0.717, 1.165) is 29.6 Å². The van der Waals surface area contributed by atoms with Gasteiger partial charge in [-0.2, -0.15) is 0 Å². The minimum Gasteiger partial charge on any atom is -0.0654 e. The zero-order valence-electron chi connectivity index (χ0n) is 14.1. The lowest BCUT2D eigenvalue weighted by atomic mass is 9.77. The van der Waals surface area contributed by atoms with E-state index in [1.807, 2.05) is 0 Å². The fourth-order valence-corrected chi connectivity index (χ4v) is 3.09. The minimum atomic E-state index is 0.883. The molecule has 0 amide bonds. The maximum absolute atomic E-state index is 2.47. The predicted octanol–water partition coefficient (Wildman–Crippen LogP) is 6.55. The predicted molar refractivity (Wildman–Crippen MR) is 84.9 cm³/mol. The van der Waals surface area contributed by atoms with Crippen LogP contribution < -0.4 is 0 Å². The maximum atomic E-state index is 2.47. The van der Waals surface area contributed by atoms with Gasteiger partial charge in [-0.3, -0.25) is 0 Å². The highest BCUT2D eigenvalue weighted by molar-refractivity contribution is 4.71. The molecule has 0 aromatic heterocycles. The molecule has 0 rings (SSSR count). The van der Waals surface area contributed by atoms with Crippen molar-refractivity contribution in [1.82, 2.24) is 0 Å². The van der Waals surface area contributed by atoms with Crippen molar-refractivity contribution in [1.29, 1.82) is 0 Å². The van der Waals surface area contributed by atoms with Crippen molar-refractivity contribution in [2.45, 2.75) is 87.0 Å². The Morgan fingerprint density at radius 1 is 0.611 bits per heavy atom. The Morgan fingerprint density at radius 3 is 1.61 bits per heavy atom. The molecule has 0 radical (unpaired) electrons. The topological polar surface area (TPSA) is 0 Å². The molecule has 5 unspecified atom stereocenters. The molecule has 0 aliphatic rings. The quantitative estimate of drug-likeness (QED) is 0.415. The fourth-order valence-electron chi connectivity index (χ4n) is 3.09. The molecule has 0 aromatic carbocycles. The molecule has 110 valence electrons. The average molecular weight is 255 g/mol. The first-order chi connectivity index (χ1) is 8.47. The van der Waals surface area contributed by atoms with E-state index in [2.05, 4.69) is 48.5 Å². The first-order valence-corrected chi connectivity index (χ1v) is 8.47. The fraction of sp³-hybridized carbons (Fsp3) is 1.00. The second-order valence-electron chi connectivity index (χ2n) is 6.73. The molecule has 0 bridgehead atoms. The van der Waals surface area contributed by atoms with Gasteiger partial charge in [-0.1, -0.05) is 80.6 Å². The Balaban J connectivity index is 4.17. The van der Waals surface area contributed by atoms with Gasteiger partial charge in [0.1, 0.15) is 0 Å². The lowest BCUT2D eigenvalue weighted by molar-refractivity contribution is 0.221. The third-order valence-corrected chi connectivity index (χ3v) is 5.54. The Morgan fingerprint density at radius 2 is 1.17 bits per heavy atom. The Bertz CT molecular complexity index is 184. The van der Waals surface area contributed by atoms with Gasteiger partial charge in [-0.05, 0) is 36.0 Å². The van der Waals surface area contributed by atoms with Gasteiger partial charge in [-0.25, -0.2) is 0 Å². The number of hydrogen-bond donors (Lipinski definition) is 0. The summed E-state index contributed by atoms with van der Waals surface area (Å²) in [5, 5.41) is 0. The third kappa shape index (κ3) is 6.25. The Kier molecular flexibility index (Phi) is 9.87. The van der Waals surface area contributed by atoms with E-state index in [4.69, 9.17) is 0 Å². The van der Waals surface area contributed by atoms with Crippen LogP contribution in [0.5, 0.6) is 0 Å². The van der Waals surface area contributed by atoms with E-state index in [1.165, 1.54) is 38.5 Å². The van der Waals surface area contributed by atoms with Crippen molar-refractivity contribution in [3.63, 3.8) is 0 Å². The SMILES string of the molecule is CCCC(CCC(C)C(C)C(C)CC)C(C)CC. The van der Waals surface area contributed by atoms with Crippen LogP contribution in [0.2, 0.25) is 0 Å². The van der Waals surface area contributed by atoms with Gasteiger partial charge in [0.15, 0.2) is 0 Å². The van der Waals surface area contributed by atoms with Gasteiger partial charge in [0.25, 0.3) is 0 Å². The van der Waals surface area contributed by atoms with Crippen molar-refractivity contribution in [2.75, 3.05) is 0 Å². The molecule has 0 aliphatic heterocycles. The molecule has 0 N–H and O–H groups in total. The van der Waals surface area contributed by atoms with Crippen LogP contribution in [0, 0.1) is 29.6 Å². The van der Waals surface area contributed by atoms with Crippen LogP contribution in [0.3, 0.4) is 0 Å². The van der Waals surface area contributed by atoms with Crippen LogP contribution in [-0.2, 0) is 0 Å². The summed E-state index contributed by atoms with van der Waals surface area (Å²) < 4.78 is 0. The highest BCUT2D eigenvalue weighted by Crippen LogP contribution is 2.31. The van der Waals surface area contributed by atoms with Crippen LogP contribution in [0.15, 0.2) is 0 Å². The molecule has 5 atom stereocenters. The van der Waals surface area contributed by atoms with Gasteiger partial charge in [0, 0.05) is 0 Å². The summed E-state index contributed by atoms with van der Waals surface area (Å²) in [7, 11) is 0. The maximum Gasteiger partial charge on any atom is -0.0389 e. The molecule has 0 saturated carbocycles. The molecule has 0 fully saturated rings. The third-order valence-electron chi connectivity index (χ3n) is 5.54. The highest BCUT2D eigenvalue weighted by Gasteiger charge is 2.21. The van der Waals surface area contributed by atoms with Gasteiger partial charge < -0.3 is 0 Å². The molecule has 0 saturated heterocycles. The summed E-state index contributed by atoms with van der Waals surface area (Å²) in [4.78, 5) is 0. The van der Waals surface area contributed by atoms with Crippen LogP contribution in [0.4, 0.5) is 0 Å². The van der Waals surface area contributed by atoms with Crippen LogP contribution in [0.1, 0.15) is 87.0 Å². The first kappa shape index (κ1) is 18.0. The summed E-state index contributed by atoms with van der Waals surface area (Å²) in [6.45, 7) is 16.8. The summed E-state index contributed by atoms with van der Waals surface area (Å²) in [6.07, 6.45) is 8.34. The number of hydrogen-bond acceptors (Lipinski definition) is 0. The zero-order chi connectivity index (χ0) is 14.1. The summed E-state index contributed by atoms with van der Waals surface area (Å²) >= 11 is 0. The molecular weight excluding hydrogens is 216 g/mol. The molecule has 0 heteroatoms. The van der Waals surface area contributed by atoms with Gasteiger partial charge in [-0.15, -0.1) is 0 Å². The molecule has 0 aromatic rings. The largest absolute Gasteiger partial charge is 0.0654 e. The molecule has 0 nitrogen and oxygen atoms in total. The molecule has 0 spiro atoms. The minimum absolute atomic E-state index is 0.883. The van der Waals surface area contributed by atoms with Gasteiger partial charge in [0.05, 0.1) is 0 Å². The van der Waals surface area contributed by atoms with Gasteiger partial charge in [0.2, 0.25) is 0 Å². The Labute approximate surface area is 117 Å². The second kappa shape index (κ2) is 9.87. The van der Waals surface area contributed by atoms with Crippen molar-refractivity contribution in [3.05, 3.63) is 0 Å². The van der Waals surface area contributed by atoms with E-state index in [-0.39, 0.29) is 0 Å². The van der Waals surface area contributed by atoms with E-state index >= 15 is 0 Å². The smallest absolute Gasteiger partial charge is 0.0389 e. The highest BCUT2D eigenvalue weighted by atomic mass is 14.3. The molecular formula is C18H38. The van der Waals surface area contributed by atoms with Crippen LogP contribution >= 0.6 is 0 Å². The molecule has 0 aliphatic carbocycles. The molecule has 18 heavy (non-hydrogen) atoms. The standard InChI is InChI=1S/C18H38/c1-8-11-18(15(5)10-3)13-12-16(6)17(7)14(4)9-2/h14-18H,8-13H2,1-7H3. The van der Waals surface area contributed by atoms with Crippen LogP contribution in [-0.4, -0.2) is 0 Å². The zero-order valence-corrected chi connectivity index (χ0v) is 14.1. The van der Waals surface area contributed by atoms with E-state index in [9.17, 15) is 0 Å². The molecule has 0 heterocycles. The monoisotopic (exact) mass is 254 g/mol. The van der Waals surface area contributed by atoms with Crippen molar-refractivity contribution >= 4 is 0 Å². The van der Waals surface area contributed by atoms with Crippen LogP contribution in [0.25, 0.3) is 0 Å². The normalized spacial score (nSPS) is 20.2. The summed E-state index contributed by atoms with van der Waals surface area (Å²) in [5.74, 6) is 4.54. The van der Waals surface area contributed by atoms with E-state index in [1.54, 1.807) is 0 Å². The average Bonchev–Trinajstić information content (AvgIpc) is 2.40. The van der Waals surface area contributed by atoms with E-state index in [0.29, 0.717) is 0 Å². The summed E-state index contributed by atoms with van der Waals surface area (Å²) in [6, 6.07) is 0. The van der Waals surface area contributed by atoms with Gasteiger partial charge >= 0.3 is 0 Å². The number of rotatable bonds is 10. The second-order valence-corrected chi connectivity index (χ2v) is 6.73.